The average molecular weight is 182 g/mol. The lowest BCUT2D eigenvalue weighted by Crippen LogP contribution is -2.11. The smallest absolute Gasteiger partial charge is 0.265 e. The molecule has 0 spiro atoms. The molecule has 0 aromatic carbocycles. The Balaban J connectivity index is 2.12. The summed E-state index contributed by atoms with van der Waals surface area (Å²) < 4.78 is 5.17. The van der Waals surface area contributed by atoms with E-state index in [9.17, 15) is 0 Å². The highest BCUT2D eigenvalue weighted by molar-refractivity contribution is 5.24. The number of hydrogen-bond donors (Lipinski definition) is 1. The van der Waals surface area contributed by atoms with Crippen LogP contribution in [-0.4, -0.2) is 37.3 Å². The molecule has 1 saturated heterocycles. The summed E-state index contributed by atoms with van der Waals surface area (Å²) in [5.41, 5.74) is 0. The summed E-state index contributed by atoms with van der Waals surface area (Å²) in [7, 11) is 3.81. The van der Waals surface area contributed by atoms with Crippen LogP contribution in [0.1, 0.15) is 18.2 Å². The topological polar surface area (TPSA) is 54.2 Å². The molecule has 1 aromatic rings. The van der Waals surface area contributed by atoms with Crippen LogP contribution >= 0.6 is 0 Å². The summed E-state index contributed by atoms with van der Waals surface area (Å²) in [5, 5.41) is 7.14. The first-order chi connectivity index (χ1) is 6.27. The molecule has 0 aliphatic carbocycles. The molecule has 1 N–H and O–H groups in total. The Bertz CT molecular complexity index is 277. The van der Waals surface area contributed by atoms with Crippen LogP contribution < -0.4 is 10.2 Å². The Morgan fingerprint density at radius 2 is 2.38 bits per heavy atom. The largest absolute Gasteiger partial charge is 0.344 e. The summed E-state index contributed by atoms with van der Waals surface area (Å²) in [4.78, 5) is 6.14. The second-order valence-electron chi connectivity index (χ2n) is 3.52. The molecule has 0 saturated carbocycles. The molecule has 5 heteroatoms. The zero-order valence-corrected chi connectivity index (χ0v) is 7.95. The number of rotatable bonds is 2. The van der Waals surface area contributed by atoms with E-state index in [4.69, 9.17) is 4.52 Å². The van der Waals surface area contributed by atoms with Crippen molar-refractivity contribution in [1.29, 1.82) is 0 Å². The predicted molar refractivity (Wildman–Crippen MR) is 48.9 cm³/mol. The van der Waals surface area contributed by atoms with Crippen molar-refractivity contribution in [3.05, 3.63) is 5.89 Å². The first-order valence-corrected chi connectivity index (χ1v) is 4.49. The maximum Gasteiger partial charge on any atom is 0.265 e. The van der Waals surface area contributed by atoms with Crippen LogP contribution in [0.3, 0.4) is 0 Å². The maximum absolute atomic E-state index is 5.17. The fraction of sp³-hybridized carbons (Fsp3) is 0.750. The molecule has 1 aromatic heterocycles. The van der Waals surface area contributed by atoms with Gasteiger partial charge in [0.15, 0.2) is 0 Å². The van der Waals surface area contributed by atoms with Gasteiger partial charge < -0.3 is 14.7 Å². The summed E-state index contributed by atoms with van der Waals surface area (Å²) in [6.45, 7) is 2.00. The highest BCUT2D eigenvalue weighted by atomic mass is 16.5. The zero-order chi connectivity index (χ0) is 9.26. The van der Waals surface area contributed by atoms with Gasteiger partial charge in [0, 0.05) is 20.6 Å². The van der Waals surface area contributed by atoms with Crippen LogP contribution in [0, 0.1) is 0 Å². The van der Waals surface area contributed by atoms with E-state index in [1.54, 1.807) is 0 Å². The van der Waals surface area contributed by atoms with Crippen LogP contribution in [0.15, 0.2) is 4.52 Å². The van der Waals surface area contributed by atoms with Gasteiger partial charge in [0.05, 0.1) is 5.92 Å². The van der Waals surface area contributed by atoms with Crippen molar-refractivity contribution >= 4 is 5.95 Å². The standard InChI is InChI=1S/C8H14N4O/c1-12(2)8-10-7(13-11-8)6-3-4-9-5-6/h6,9H,3-5H2,1-2H3. The van der Waals surface area contributed by atoms with E-state index in [0.717, 1.165) is 25.4 Å². The number of hydrogen-bond acceptors (Lipinski definition) is 5. The Labute approximate surface area is 77.1 Å². The van der Waals surface area contributed by atoms with Crippen molar-refractivity contribution in [1.82, 2.24) is 15.5 Å². The van der Waals surface area contributed by atoms with E-state index >= 15 is 0 Å². The van der Waals surface area contributed by atoms with Gasteiger partial charge in [0.1, 0.15) is 0 Å². The first-order valence-electron chi connectivity index (χ1n) is 4.49. The molecule has 1 unspecified atom stereocenters. The van der Waals surface area contributed by atoms with Crippen molar-refractivity contribution in [2.24, 2.45) is 0 Å². The fourth-order valence-electron chi connectivity index (χ4n) is 1.44. The Kier molecular flexibility index (Phi) is 2.18. The van der Waals surface area contributed by atoms with Gasteiger partial charge in [0.25, 0.3) is 5.95 Å². The Morgan fingerprint density at radius 1 is 1.54 bits per heavy atom. The number of aromatic nitrogens is 2. The van der Waals surface area contributed by atoms with Gasteiger partial charge in [-0.05, 0) is 18.1 Å². The second-order valence-corrected chi connectivity index (χ2v) is 3.52. The SMILES string of the molecule is CN(C)c1noc(C2CCNC2)n1. The molecule has 0 bridgehead atoms. The van der Waals surface area contributed by atoms with Crippen LogP contribution in [0.5, 0.6) is 0 Å². The normalized spacial score (nSPS) is 22.2. The molecule has 2 heterocycles. The third-order valence-electron chi connectivity index (χ3n) is 2.24. The summed E-state index contributed by atoms with van der Waals surface area (Å²) in [6.07, 6.45) is 1.09. The van der Waals surface area contributed by atoms with Crippen molar-refractivity contribution in [2.45, 2.75) is 12.3 Å². The summed E-state index contributed by atoms with van der Waals surface area (Å²) in [5.74, 6) is 1.82. The fourth-order valence-corrected chi connectivity index (χ4v) is 1.44. The molecule has 1 aliphatic heterocycles. The van der Waals surface area contributed by atoms with Crippen molar-refractivity contribution < 1.29 is 4.52 Å². The molecule has 72 valence electrons. The molecule has 0 radical (unpaired) electrons. The maximum atomic E-state index is 5.17. The lowest BCUT2D eigenvalue weighted by molar-refractivity contribution is 0.358. The van der Waals surface area contributed by atoms with Crippen molar-refractivity contribution in [3.63, 3.8) is 0 Å². The minimum Gasteiger partial charge on any atom is -0.344 e. The van der Waals surface area contributed by atoms with Crippen molar-refractivity contribution in [3.8, 4) is 0 Å². The van der Waals surface area contributed by atoms with Gasteiger partial charge in [-0.3, -0.25) is 0 Å². The molecule has 5 nitrogen and oxygen atoms in total. The van der Waals surface area contributed by atoms with Gasteiger partial charge in [0.2, 0.25) is 5.89 Å². The second kappa shape index (κ2) is 3.33. The van der Waals surface area contributed by atoms with Crippen LogP contribution in [0.2, 0.25) is 0 Å². The van der Waals surface area contributed by atoms with Gasteiger partial charge in [-0.1, -0.05) is 0 Å². The van der Waals surface area contributed by atoms with Gasteiger partial charge in [-0.15, -0.1) is 0 Å². The van der Waals surface area contributed by atoms with Gasteiger partial charge in [-0.25, -0.2) is 0 Å². The molecule has 1 fully saturated rings. The lowest BCUT2D eigenvalue weighted by atomic mass is 10.1. The Hall–Kier alpha value is -1.10. The Morgan fingerprint density at radius 3 is 2.92 bits per heavy atom. The summed E-state index contributed by atoms with van der Waals surface area (Å²) in [6, 6.07) is 0. The van der Waals surface area contributed by atoms with E-state index in [1.165, 1.54) is 0 Å². The zero-order valence-electron chi connectivity index (χ0n) is 7.95. The third-order valence-corrected chi connectivity index (χ3v) is 2.24. The lowest BCUT2D eigenvalue weighted by Gasteiger charge is -2.03. The predicted octanol–water partition coefficient (Wildman–Crippen LogP) is 0.212. The minimum absolute atomic E-state index is 0.404. The van der Waals surface area contributed by atoms with Crippen LogP contribution in [-0.2, 0) is 0 Å². The van der Waals surface area contributed by atoms with Gasteiger partial charge in [-0.2, -0.15) is 4.98 Å². The highest BCUT2D eigenvalue weighted by Crippen LogP contribution is 2.21. The molecule has 13 heavy (non-hydrogen) atoms. The highest BCUT2D eigenvalue weighted by Gasteiger charge is 2.22. The first kappa shape index (κ1) is 8.50. The van der Waals surface area contributed by atoms with E-state index in [0.29, 0.717) is 11.9 Å². The van der Waals surface area contributed by atoms with E-state index in [1.807, 2.05) is 19.0 Å². The quantitative estimate of drug-likeness (QED) is 0.708. The third kappa shape index (κ3) is 1.65. The van der Waals surface area contributed by atoms with Crippen LogP contribution in [0.4, 0.5) is 5.95 Å². The summed E-state index contributed by atoms with van der Waals surface area (Å²) >= 11 is 0. The van der Waals surface area contributed by atoms with Gasteiger partial charge >= 0.3 is 0 Å². The van der Waals surface area contributed by atoms with E-state index in [2.05, 4.69) is 15.5 Å². The molecular formula is C8H14N4O. The number of anilines is 1. The van der Waals surface area contributed by atoms with Crippen LogP contribution in [0.25, 0.3) is 0 Å². The molecule has 1 atom stereocenters. The van der Waals surface area contributed by atoms with E-state index in [-0.39, 0.29) is 0 Å². The molecule has 0 amide bonds. The molecular weight excluding hydrogens is 168 g/mol. The average Bonchev–Trinajstić information content (AvgIpc) is 2.75. The monoisotopic (exact) mass is 182 g/mol. The number of nitrogens with zero attached hydrogens (tertiary/aromatic N) is 3. The minimum atomic E-state index is 0.404. The van der Waals surface area contributed by atoms with Crippen molar-refractivity contribution in [2.75, 3.05) is 32.1 Å². The molecule has 2 rings (SSSR count). The number of nitrogens with one attached hydrogen (secondary N) is 1. The molecule has 1 aliphatic rings. The van der Waals surface area contributed by atoms with E-state index < -0.39 is 0 Å².